The number of anilines is 3. The molecule has 9 aromatic carbocycles. The molecule has 0 bridgehead atoms. The minimum absolute atomic E-state index is 0.512. The summed E-state index contributed by atoms with van der Waals surface area (Å²) in [5.41, 5.74) is 17.5. The minimum atomic E-state index is -0.512. The molecule has 0 N–H and O–H groups in total. The Labute approximate surface area is 329 Å². The van der Waals surface area contributed by atoms with Crippen LogP contribution in [0.3, 0.4) is 0 Å². The van der Waals surface area contributed by atoms with E-state index in [2.05, 4.69) is 241 Å². The van der Waals surface area contributed by atoms with Gasteiger partial charge in [-0.15, -0.1) is 0 Å². The van der Waals surface area contributed by atoms with Crippen molar-refractivity contribution in [3.05, 3.63) is 259 Å². The summed E-state index contributed by atoms with van der Waals surface area (Å²) in [6, 6.07) is 86.2. The van der Waals surface area contributed by atoms with E-state index in [0.29, 0.717) is 0 Å². The molecular formula is C55H39N. The van der Waals surface area contributed by atoms with Gasteiger partial charge in [-0.25, -0.2) is 0 Å². The van der Waals surface area contributed by atoms with Crippen LogP contribution in [0.4, 0.5) is 17.1 Å². The van der Waals surface area contributed by atoms with Crippen molar-refractivity contribution in [3.63, 3.8) is 0 Å². The highest BCUT2D eigenvalue weighted by molar-refractivity contribution is 6.04. The second kappa shape index (κ2) is 14.2. The van der Waals surface area contributed by atoms with Crippen LogP contribution in [-0.2, 0) is 5.41 Å². The van der Waals surface area contributed by atoms with Crippen LogP contribution in [0.5, 0.6) is 0 Å². The average Bonchev–Trinajstić information content (AvgIpc) is 3.60. The topological polar surface area (TPSA) is 3.24 Å². The molecular weight excluding hydrogens is 675 g/mol. The molecule has 10 rings (SSSR count). The summed E-state index contributed by atoms with van der Waals surface area (Å²) in [4.78, 5) is 2.51. The summed E-state index contributed by atoms with van der Waals surface area (Å²) in [6.07, 6.45) is 0. The Balaban J connectivity index is 1.32. The van der Waals surface area contributed by atoms with E-state index in [1.165, 1.54) is 66.8 Å². The van der Waals surface area contributed by atoms with Gasteiger partial charge in [0, 0.05) is 16.8 Å². The Hall–Kier alpha value is -7.22. The van der Waals surface area contributed by atoms with E-state index < -0.39 is 5.41 Å². The second-order valence-corrected chi connectivity index (χ2v) is 14.4. The van der Waals surface area contributed by atoms with Crippen LogP contribution in [0.1, 0.15) is 22.3 Å². The second-order valence-electron chi connectivity index (χ2n) is 14.4. The summed E-state index contributed by atoms with van der Waals surface area (Å²) in [6.45, 7) is 0. The Morgan fingerprint density at radius 1 is 0.268 bits per heavy atom. The fourth-order valence-electron chi connectivity index (χ4n) is 9.08. The van der Waals surface area contributed by atoms with Crippen molar-refractivity contribution in [2.45, 2.75) is 5.41 Å². The lowest BCUT2D eigenvalue weighted by Gasteiger charge is -2.35. The zero-order valence-corrected chi connectivity index (χ0v) is 31.0. The molecule has 1 nitrogen and oxygen atoms in total. The van der Waals surface area contributed by atoms with Crippen LogP contribution in [0, 0.1) is 0 Å². The molecule has 0 spiro atoms. The van der Waals surface area contributed by atoms with Gasteiger partial charge in [0.1, 0.15) is 0 Å². The fraction of sp³-hybridized carbons (Fsp3) is 0.0182. The van der Waals surface area contributed by atoms with Crippen LogP contribution in [0.25, 0.3) is 44.5 Å². The molecule has 1 aliphatic carbocycles. The molecule has 0 aromatic heterocycles. The summed E-state index contributed by atoms with van der Waals surface area (Å²) >= 11 is 0. The number of benzene rings is 9. The Kier molecular flexibility index (Phi) is 8.46. The number of rotatable bonds is 8. The molecule has 1 aliphatic rings. The highest BCUT2D eigenvalue weighted by atomic mass is 15.1. The zero-order valence-electron chi connectivity index (χ0n) is 31.0. The Morgan fingerprint density at radius 2 is 0.679 bits per heavy atom. The number of hydrogen-bond donors (Lipinski definition) is 0. The van der Waals surface area contributed by atoms with Gasteiger partial charge in [0.2, 0.25) is 0 Å². The first-order chi connectivity index (χ1) is 27.8. The molecule has 0 unspecified atom stereocenters. The quantitative estimate of drug-likeness (QED) is 0.152. The highest BCUT2D eigenvalue weighted by Crippen LogP contribution is 2.60. The summed E-state index contributed by atoms with van der Waals surface area (Å²) in [5, 5.41) is 0. The maximum atomic E-state index is 2.51. The van der Waals surface area contributed by atoms with Gasteiger partial charge < -0.3 is 4.90 Å². The van der Waals surface area contributed by atoms with Crippen LogP contribution in [-0.4, -0.2) is 0 Å². The van der Waals surface area contributed by atoms with Gasteiger partial charge in [-0.1, -0.05) is 212 Å². The van der Waals surface area contributed by atoms with Gasteiger partial charge in [-0.05, 0) is 79.9 Å². The number of nitrogens with zero attached hydrogens (tertiary/aromatic N) is 1. The van der Waals surface area contributed by atoms with Crippen molar-refractivity contribution in [2.75, 3.05) is 4.90 Å². The Morgan fingerprint density at radius 3 is 1.29 bits per heavy atom. The van der Waals surface area contributed by atoms with Crippen molar-refractivity contribution in [3.8, 4) is 44.5 Å². The van der Waals surface area contributed by atoms with E-state index in [1.54, 1.807) is 0 Å². The van der Waals surface area contributed by atoms with E-state index >= 15 is 0 Å². The summed E-state index contributed by atoms with van der Waals surface area (Å²) in [5.74, 6) is 0. The lowest BCUT2D eigenvalue weighted by atomic mass is 9.68. The third-order valence-electron chi connectivity index (χ3n) is 11.4. The molecule has 0 saturated carbocycles. The highest BCUT2D eigenvalue weighted by Gasteiger charge is 2.47. The van der Waals surface area contributed by atoms with Gasteiger partial charge in [-0.2, -0.15) is 0 Å². The average molecular weight is 714 g/mol. The van der Waals surface area contributed by atoms with Crippen molar-refractivity contribution < 1.29 is 0 Å². The van der Waals surface area contributed by atoms with Crippen LogP contribution < -0.4 is 4.90 Å². The van der Waals surface area contributed by atoms with E-state index in [4.69, 9.17) is 0 Å². The van der Waals surface area contributed by atoms with Gasteiger partial charge in [0.15, 0.2) is 0 Å². The molecule has 0 fully saturated rings. The summed E-state index contributed by atoms with van der Waals surface area (Å²) < 4.78 is 0. The first-order valence-corrected chi connectivity index (χ1v) is 19.4. The van der Waals surface area contributed by atoms with Crippen LogP contribution in [0.2, 0.25) is 0 Å². The van der Waals surface area contributed by atoms with Crippen LogP contribution in [0.15, 0.2) is 237 Å². The zero-order chi connectivity index (χ0) is 37.3. The van der Waals surface area contributed by atoms with Gasteiger partial charge in [0.25, 0.3) is 0 Å². The molecule has 56 heavy (non-hydrogen) atoms. The van der Waals surface area contributed by atoms with Gasteiger partial charge >= 0.3 is 0 Å². The molecule has 264 valence electrons. The van der Waals surface area contributed by atoms with Gasteiger partial charge in [0.05, 0.1) is 16.8 Å². The molecule has 0 atom stereocenters. The monoisotopic (exact) mass is 713 g/mol. The number of para-hydroxylation sites is 1. The largest absolute Gasteiger partial charge is 0.309 e. The maximum Gasteiger partial charge on any atom is 0.0714 e. The predicted molar refractivity (Wildman–Crippen MR) is 235 cm³/mol. The smallest absolute Gasteiger partial charge is 0.0714 e. The number of hydrogen-bond acceptors (Lipinski definition) is 1. The third kappa shape index (κ3) is 5.40. The lowest BCUT2D eigenvalue weighted by molar-refractivity contribution is 0.768. The van der Waals surface area contributed by atoms with Crippen molar-refractivity contribution in [2.24, 2.45) is 0 Å². The minimum Gasteiger partial charge on any atom is -0.309 e. The normalized spacial score (nSPS) is 12.4. The molecule has 1 heteroatoms. The van der Waals surface area contributed by atoms with Crippen molar-refractivity contribution in [1.29, 1.82) is 0 Å². The van der Waals surface area contributed by atoms with E-state index in [0.717, 1.165) is 17.1 Å². The van der Waals surface area contributed by atoms with Crippen molar-refractivity contribution in [1.82, 2.24) is 0 Å². The Bertz CT molecular complexity index is 2740. The van der Waals surface area contributed by atoms with E-state index in [1.807, 2.05) is 0 Å². The van der Waals surface area contributed by atoms with Crippen molar-refractivity contribution >= 4 is 17.1 Å². The molecule has 0 aliphatic heterocycles. The molecule has 0 amide bonds. The maximum absolute atomic E-state index is 2.51. The van der Waals surface area contributed by atoms with E-state index in [9.17, 15) is 0 Å². The molecule has 0 heterocycles. The number of fused-ring (bicyclic) bond motifs is 3. The molecule has 9 aromatic rings. The van der Waals surface area contributed by atoms with Gasteiger partial charge in [-0.3, -0.25) is 0 Å². The van der Waals surface area contributed by atoms with Crippen LogP contribution >= 0.6 is 0 Å². The third-order valence-corrected chi connectivity index (χ3v) is 11.4. The predicted octanol–water partition coefficient (Wildman–Crippen LogP) is 14.5. The summed E-state index contributed by atoms with van der Waals surface area (Å²) in [7, 11) is 0. The lowest BCUT2D eigenvalue weighted by Crippen LogP contribution is -2.28. The molecule has 0 radical (unpaired) electrons. The first kappa shape index (κ1) is 33.4. The molecule has 0 saturated heterocycles. The standard InChI is InChI=1S/C55H39N/c1-6-22-40(23-7-1)45-32-16-17-33-47(45)53-46(41-24-8-2-9-25-41)35-20-38-51(53)56(44-30-14-5-15-31-44)52-39-21-37-50-54(52)48-34-18-19-36-49(48)55(50,42-26-10-3-11-27-42)43-28-12-4-13-29-43/h1-39H. The SMILES string of the molecule is c1ccc(-c2ccccc2-c2c(-c3ccccc3)cccc2N(c2ccccc2)c2cccc3c2-c2ccccc2C3(c2ccccc2)c2ccccc2)cc1. The van der Waals surface area contributed by atoms with E-state index in [-0.39, 0.29) is 0 Å². The fourth-order valence-corrected chi connectivity index (χ4v) is 9.08. The first-order valence-electron chi connectivity index (χ1n) is 19.4.